The summed E-state index contributed by atoms with van der Waals surface area (Å²) in [5.74, 6) is 0.859. The van der Waals surface area contributed by atoms with Gasteiger partial charge in [-0.1, -0.05) is 37.3 Å². The van der Waals surface area contributed by atoms with E-state index in [-0.39, 0.29) is 11.9 Å². The minimum Gasteiger partial charge on any atom is -0.496 e. The number of nitrogens with zero attached hydrogens (tertiary/aromatic N) is 1. The first-order chi connectivity index (χ1) is 12.7. The van der Waals surface area contributed by atoms with E-state index in [0.717, 1.165) is 30.8 Å². The van der Waals surface area contributed by atoms with E-state index in [2.05, 4.69) is 23.2 Å². The van der Waals surface area contributed by atoms with Crippen LogP contribution in [-0.4, -0.2) is 37.6 Å². The van der Waals surface area contributed by atoms with Crippen molar-refractivity contribution < 1.29 is 9.53 Å². The van der Waals surface area contributed by atoms with Crippen molar-refractivity contribution >= 4 is 5.91 Å². The highest BCUT2D eigenvalue weighted by Crippen LogP contribution is 2.31. The summed E-state index contributed by atoms with van der Waals surface area (Å²) in [6, 6.07) is 16.1. The maximum absolute atomic E-state index is 12.6. The first kappa shape index (κ1) is 18.5. The fourth-order valence-corrected chi connectivity index (χ4v) is 3.61. The van der Waals surface area contributed by atoms with Crippen molar-refractivity contribution in [3.8, 4) is 5.75 Å². The fourth-order valence-electron chi connectivity index (χ4n) is 3.61. The van der Waals surface area contributed by atoms with Crippen LogP contribution >= 0.6 is 0 Å². The zero-order valence-corrected chi connectivity index (χ0v) is 15.7. The smallest absolute Gasteiger partial charge is 0.251 e. The molecule has 0 saturated carbocycles. The van der Waals surface area contributed by atoms with Gasteiger partial charge in [0.05, 0.1) is 13.2 Å². The molecular formula is C22H28N2O2. The molecule has 1 fully saturated rings. The fraction of sp³-hybridized carbons (Fsp3) is 0.409. The van der Waals surface area contributed by atoms with Crippen molar-refractivity contribution in [3.05, 3.63) is 65.2 Å². The number of para-hydroxylation sites is 1. The lowest BCUT2D eigenvalue weighted by Gasteiger charge is -2.29. The Morgan fingerprint density at radius 3 is 2.46 bits per heavy atom. The molecule has 0 aromatic heterocycles. The van der Waals surface area contributed by atoms with Crippen molar-refractivity contribution in [3.63, 3.8) is 0 Å². The highest BCUT2D eigenvalue weighted by Gasteiger charge is 2.26. The molecule has 1 aliphatic rings. The summed E-state index contributed by atoms with van der Waals surface area (Å²) >= 11 is 0. The SMILES string of the molecule is CCc1ccc(C(=O)NCC(c2ccccc2OC)N2CCCC2)cc1. The molecule has 3 rings (SSSR count). The van der Waals surface area contributed by atoms with Crippen LogP contribution in [0.2, 0.25) is 0 Å². The van der Waals surface area contributed by atoms with Crippen LogP contribution in [0.4, 0.5) is 0 Å². The van der Waals surface area contributed by atoms with Gasteiger partial charge in [0, 0.05) is 17.7 Å². The van der Waals surface area contributed by atoms with Gasteiger partial charge in [-0.05, 0) is 56.1 Å². The van der Waals surface area contributed by atoms with Gasteiger partial charge in [-0.3, -0.25) is 9.69 Å². The number of carbonyl (C=O) groups excluding carboxylic acids is 1. The lowest BCUT2D eigenvalue weighted by atomic mass is 10.0. The number of hydrogen-bond acceptors (Lipinski definition) is 3. The molecule has 4 nitrogen and oxygen atoms in total. The second-order valence-corrected chi connectivity index (χ2v) is 6.76. The summed E-state index contributed by atoms with van der Waals surface area (Å²) in [6.45, 7) is 4.81. The number of nitrogens with one attached hydrogen (secondary N) is 1. The summed E-state index contributed by atoms with van der Waals surface area (Å²) in [4.78, 5) is 15.0. The molecule has 1 saturated heterocycles. The van der Waals surface area contributed by atoms with Crippen molar-refractivity contribution in [1.29, 1.82) is 0 Å². The molecule has 1 unspecified atom stereocenters. The highest BCUT2D eigenvalue weighted by atomic mass is 16.5. The number of likely N-dealkylation sites (tertiary alicyclic amines) is 1. The van der Waals surface area contributed by atoms with Gasteiger partial charge in [0.15, 0.2) is 0 Å². The Hall–Kier alpha value is -2.33. The maximum Gasteiger partial charge on any atom is 0.251 e. The normalized spacial score (nSPS) is 15.6. The molecule has 0 bridgehead atoms. The lowest BCUT2D eigenvalue weighted by molar-refractivity contribution is 0.0937. The quantitative estimate of drug-likeness (QED) is 0.823. The molecule has 138 valence electrons. The Bertz CT molecular complexity index is 721. The second kappa shape index (κ2) is 8.86. The van der Waals surface area contributed by atoms with Gasteiger partial charge < -0.3 is 10.1 Å². The van der Waals surface area contributed by atoms with Crippen molar-refractivity contribution in [2.45, 2.75) is 32.2 Å². The van der Waals surface area contributed by atoms with E-state index in [4.69, 9.17) is 4.74 Å². The number of aryl methyl sites for hydroxylation is 1. The van der Waals surface area contributed by atoms with Crippen molar-refractivity contribution in [1.82, 2.24) is 10.2 Å². The van der Waals surface area contributed by atoms with E-state index in [1.807, 2.05) is 42.5 Å². The van der Waals surface area contributed by atoms with E-state index in [1.165, 1.54) is 18.4 Å². The largest absolute Gasteiger partial charge is 0.496 e. The van der Waals surface area contributed by atoms with Gasteiger partial charge >= 0.3 is 0 Å². The van der Waals surface area contributed by atoms with Crippen molar-refractivity contribution in [2.75, 3.05) is 26.7 Å². The van der Waals surface area contributed by atoms with Gasteiger partial charge in [0.1, 0.15) is 5.75 Å². The summed E-state index contributed by atoms with van der Waals surface area (Å²) in [5, 5.41) is 3.13. The van der Waals surface area contributed by atoms with E-state index >= 15 is 0 Å². The molecule has 0 radical (unpaired) electrons. The maximum atomic E-state index is 12.6. The van der Waals surface area contributed by atoms with E-state index < -0.39 is 0 Å². The van der Waals surface area contributed by atoms with Crippen LogP contribution in [0.1, 0.15) is 47.3 Å². The number of amides is 1. The number of hydrogen-bond donors (Lipinski definition) is 1. The number of ether oxygens (including phenoxy) is 1. The third-order valence-corrected chi connectivity index (χ3v) is 5.16. The Morgan fingerprint density at radius 2 is 1.81 bits per heavy atom. The van der Waals surface area contributed by atoms with E-state index in [9.17, 15) is 4.79 Å². The average Bonchev–Trinajstić information content (AvgIpc) is 3.23. The molecule has 1 aliphatic heterocycles. The zero-order valence-electron chi connectivity index (χ0n) is 15.7. The number of rotatable bonds is 7. The Kier molecular flexibility index (Phi) is 6.29. The van der Waals surface area contributed by atoms with Crippen LogP contribution in [0.3, 0.4) is 0 Å². The first-order valence-corrected chi connectivity index (χ1v) is 9.47. The van der Waals surface area contributed by atoms with Crippen LogP contribution in [0.15, 0.2) is 48.5 Å². The highest BCUT2D eigenvalue weighted by molar-refractivity contribution is 5.94. The summed E-state index contributed by atoms with van der Waals surface area (Å²) in [7, 11) is 1.70. The summed E-state index contributed by atoms with van der Waals surface area (Å²) in [6.07, 6.45) is 3.39. The van der Waals surface area contributed by atoms with Crippen LogP contribution in [-0.2, 0) is 6.42 Å². The predicted molar refractivity (Wildman–Crippen MR) is 105 cm³/mol. The Morgan fingerprint density at radius 1 is 1.12 bits per heavy atom. The molecule has 2 aromatic rings. The van der Waals surface area contributed by atoms with Crippen LogP contribution < -0.4 is 10.1 Å². The molecule has 26 heavy (non-hydrogen) atoms. The summed E-state index contributed by atoms with van der Waals surface area (Å²) in [5.41, 5.74) is 3.09. The monoisotopic (exact) mass is 352 g/mol. The number of methoxy groups -OCH3 is 1. The lowest BCUT2D eigenvalue weighted by Crippen LogP contribution is -2.37. The summed E-state index contributed by atoms with van der Waals surface area (Å²) < 4.78 is 5.56. The van der Waals surface area contributed by atoms with Gasteiger partial charge in [-0.15, -0.1) is 0 Å². The van der Waals surface area contributed by atoms with E-state index in [1.54, 1.807) is 7.11 Å². The minimum atomic E-state index is -0.0215. The Labute approximate surface area is 156 Å². The van der Waals surface area contributed by atoms with Crippen LogP contribution in [0.5, 0.6) is 5.75 Å². The number of carbonyl (C=O) groups is 1. The third-order valence-electron chi connectivity index (χ3n) is 5.16. The van der Waals surface area contributed by atoms with Crippen LogP contribution in [0.25, 0.3) is 0 Å². The van der Waals surface area contributed by atoms with Gasteiger partial charge in [-0.25, -0.2) is 0 Å². The van der Waals surface area contributed by atoms with Crippen LogP contribution in [0, 0.1) is 0 Å². The standard InChI is InChI=1S/C22H28N2O2/c1-3-17-10-12-18(13-11-17)22(25)23-16-20(24-14-6-7-15-24)19-8-4-5-9-21(19)26-2/h4-5,8-13,20H,3,6-7,14-16H2,1-2H3,(H,23,25). The van der Waals surface area contributed by atoms with Gasteiger partial charge in [0.25, 0.3) is 5.91 Å². The van der Waals surface area contributed by atoms with Gasteiger partial charge in [0.2, 0.25) is 0 Å². The zero-order chi connectivity index (χ0) is 18.4. The second-order valence-electron chi connectivity index (χ2n) is 6.76. The molecule has 1 N–H and O–H groups in total. The number of benzene rings is 2. The van der Waals surface area contributed by atoms with Crippen molar-refractivity contribution in [2.24, 2.45) is 0 Å². The molecule has 1 atom stereocenters. The topological polar surface area (TPSA) is 41.6 Å². The average molecular weight is 352 g/mol. The molecular weight excluding hydrogens is 324 g/mol. The molecule has 2 aromatic carbocycles. The third kappa shape index (κ3) is 4.25. The Balaban J connectivity index is 1.74. The predicted octanol–water partition coefficient (Wildman–Crippen LogP) is 3.82. The molecule has 1 heterocycles. The molecule has 4 heteroatoms. The minimum absolute atomic E-state index is 0.0215. The first-order valence-electron chi connectivity index (χ1n) is 9.47. The molecule has 0 spiro atoms. The molecule has 0 aliphatic carbocycles. The van der Waals surface area contributed by atoms with Gasteiger partial charge in [-0.2, -0.15) is 0 Å². The molecule has 1 amide bonds. The van der Waals surface area contributed by atoms with E-state index in [0.29, 0.717) is 12.1 Å².